The zero-order chi connectivity index (χ0) is 17.3. The number of rotatable bonds is 1. The van der Waals surface area contributed by atoms with E-state index in [2.05, 4.69) is 93.1 Å². The van der Waals surface area contributed by atoms with Crippen LogP contribution >= 0.6 is 0 Å². The van der Waals surface area contributed by atoms with Crippen molar-refractivity contribution >= 4 is 5.57 Å². The van der Waals surface area contributed by atoms with Gasteiger partial charge in [0.2, 0.25) is 0 Å². The van der Waals surface area contributed by atoms with Crippen LogP contribution < -0.4 is 0 Å². The van der Waals surface area contributed by atoms with Gasteiger partial charge in [0, 0.05) is 12.1 Å². The number of aryl methyl sites for hydroxylation is 2. The third kappa shape index (κ3) is 1.90. The molecule has 2 heterocycles. The van der Waals surface area contributed by atoms with Crippen molar-refractivity contribution in [3.8, 4) is 0 Å². The van der Waals surface area contributed by atoms with E-state index in [1.807, 2.05) is 0 Å². The molecule has 3 aliphatic rings. The van der Waals surface area contributed by atoms with E-state index in [-0.39, 0.29) is 5.54 Å². The Morgan fingerprint density at radius 3 is 2.40 bits per heavy atom. The largest absolute Gasteiger partial charge is 0.356 e. The van der Waals surface area contributed by atoms with Gasteiger partial charge in [0.25, 0.3) is 0 Å². The van der Waals surface area contributed by atoms with Crippen molar-refractivity contribution in [3.63, 3.8) is 0 Å². The first-order valence-corrected chi connectivity index (χ1v) is 9.05. The minimum Gasteiger partial charge on any atom is -0.356 e. The second-order valence-corrected chi connectivity index (χ2v) is 7.91. The molecule has 1 saturated carbocycles. The Bertz CT molecular complexity index is 957. The summed E-state index contributed by atoms with van der Waals surface area (Å²) in [6, 6.07) is 16.0. The van der Waals surface area contributed by atoms with Crippen LogP contribution in [0, 0.1) is 13.8 Å². The van der Waals surface area contributed by atoms with Gasteiger partial charge in [-0.2, -0.15) is 0 Å². The zero-order valence-electron chi connectivity index (χ0n) is 15.1. The van der Waals surface area contributed by atoms with Gasteiger partial charge in [-0.15, -0.1) is 0 Å². The molecule has 1 heteroatoms. The lowest BCUT2D eigenvalue weighted by molar-refractivity contribution is 0.219. The molecule has 124 valence electrons. The summed E-state index contributed by atoms with van der Waals surface area (Å²) in [6.45, 7) is 11.1. The molecule has 2 aromatic carbocycles. The van der Waals surface area contributed by atoms with Gasteiger partial charge in [0.05, 0.1) is 11.6 Å². The van der Waals surface area contributed by atoms with E-state index >= 15 is 0 Å². The molecule has 1 fully saturated rings. The Kier molecular flexibility index (Phi) is 2.81. The van der Waals surface area contributed by atoms with Crippen LogP contribution in [0.4, 0.5) is 0 Å². The predicted molar refractivity (Wildman–Crippen MR) is 104 cm³/mol. The van der Waals surface area contributed by atoms with Crippen molar-refractivity contribution in [3.05, 3.63) is 101 Å². The number of hydrogen-bond acceptors (Lipinski definition) is 1. The lowest BCUT2D eigenvalue weighted by Crippen LogP contribution is -2.39. The molecular weight excluding hydrogens is 302 g/mol. The molecular formula is C24H23N. The van der Waals surface area contributed by atoms with Crippen LogP contribution in [0.2, 0.25) is 0 Å². The van der Waals surface area contributed by atoms with Crippen LogP contribution in [-0.4, -0.2) is 10.4 Å². The van der Waals surface area contributed by atoms with Gasteiger partial charge in [-0.1, -0.05) is 72.3 Å². The van der Waals surface area contributed by atoms with Crippen LogP contribution in [-0.2, 0) is 0 Å². The van der Waals surface area contributed by atoms with Crippen molar-refractivity contribution < 1.29 is 0 Å². The molecule has 1 nitrogen and oxygen atoms in total. The van der Waals surface area contributed by atoms with E-state index in [4.69, 9.17) is 0 Å². The highest BCUT2D eigenvalue weighted by molar-refractivity contribution is 5.77. The van der Waals surface area contributed by atoms with Gasteiger partial charge >= 0.3 is 0 Å². The van der Waals surface area contributed by atoms with Gasteiger partial charge < -0.3 is 4.90 Å². The summed E-state index contributed by atoms with van der Waals surface area (Å²) < 4.78 is 0. The predicted octanol–water partition coefficient (Wildman–Crippen LogP) is 5.68. The number of fused-ring (bicyclic) bond motifs is 6. The SMILES string of the molecule is C=C1C2c3ccccc3C3C=CC(c4cc(C)cc(C)c4)=CN3C12C. The fourth-order valence-corrected chi connectivity index (χ4v) is 4.90. The Morgan fingerprint density at radius 2 is 1.68 bits per heavy atom. The maximum atomic E-state index is 4.40. The molecule has 0 spiro atoms. The smallest absolute Gasteiger partial charge is 0.0736 e. The van der Waals surface area contributed by atoms with Gasteiger partial charge in [0.15, 0.2) is 0 Å². The van der Waals surface area contributed by atoms with Gasteiger partial charge in [-0.3, -0.25) is 0 Å². The minimum absolute atomic E-state index is 0.0495. The number of nitrogens with zero attached hydrogens (tertiary/aromatic N) is 1. The molecule has 2 aromatic rings. The van der Waals surface area contributed by atoms with Crippen molar-refractivity contribution in [2.75, 3.05) is 0 Å². The molecule has 1 aliphatic carbocycles. The number of allylic oxidation sites excluding steroid dienone is 2. The molecule has 0 aromatic heterocycles. The molecule has 0 radical (unpaired) electrons. The first-order chi connectivity index (χ1) is 12.0. The lowest BCUT2D eigenvalue weighted by Gasteiger charge is -2.42. The quantitative estimate of drug-likeness (QED) is 0.609. The molecule has 0 saturated heterocycles. The van der Waals surface area contributed by atoms with E-state index in [0.717, 1.165) is 0 Å². The van der Waals surface area contributed by atoms with Crippen LogP contribution in [0.3, 0.4) is 0 Å². The summed E-state index contributed by atoms with van der Waals surface area (Å²) in [6.07, 6.45) is 7.01. The Balaban J connectivity index is 1.65. The molecule has 3 unspecified atom stereocenters. The second kappa shape index (κ2) is 4.76. The highest BCUT2D eigenvalue weighted by atomic mass is 15.3. The highest BCUT2D eigenvalue weighted by Crippen LogP contribution is 2.66. The summed E-state index contributed by atoms with van der Waals surface area (Å²) in [5, 5.41) is 0. The van der Waals surface area contributed by atoms with Crippen molar-refractivity contribution in [2.24, 2.45) is 0 Å². The number of benzene rings is 2. The molecule has 2 aliphatic heterocycles. The summed E-state index contributed by atoms with van der Waals surface area (Å²) in [5.41, 5.74) is 9.51. The summed E-state index contributed by atoms with van der Waals surface area (Å²) >= 11 is 0. The van der Waals surface area contributed by atoms with Crippen molar-refractivity contribution in [1.29, 1.82) is 0 Å². The third-order valence-corrected chi connectivity index (χ3v) is 6.23. The average molecular weight is 325 g/mol. The van der Waals surface area contributed by atoms with Crippen LogP contribution in [0.15, 0.2) is 73.0 Å². The van der Waals surface area contributed by atoms with Crippen molar-refractivity contribution in [1.82, 2.24) is 4.90 Å². The summed E-state index contributed by atoms with van der Waals surface area (Å²) in [7, 11) is 0. The van der Waals surface area contributed by atoms with Crippen LogP contribution in [0.5, 0.6) is 0 Å². The fourth-order valence-electron chi connectivity index (χ4n) is 4.90. The summed E-state index contributed by atoms with van der Waals surface area (Å²) in [4.78, 5) is 2.54. The standard InChI is InChI=1S/C24H23N/c1-15-11-16(2)13-19(12-15)18-9-10-22-20-7-5-6-8-21(20)23-17(3)24(23,4)25(22)14-18/h5-14,22-23H,3H2,1-2,4H3. The Labute approximate surface area is 150 Å². The molecule has 25 heavy (non-hydrogen) atoms. The highest BCUT2D eigenvalue weighted by Gasteiger charge is 2.63. The fraction of sp³-hybridized carbons (Fsp3) is 0.250. The first-order valence-electron chi connectivity index (χ1n) is 9.05. The maximum Gasteiger partial charge on any atom is 0.0736 e. The monoisotopic (exact) mass is 325 g/mol. The normalized spacial score (nSPS) is 28.8. The molecule has 0 bridgehead atoms. The second-order valence-electron chi connectivity index (χ2n) is 7.91. The van der Waals surface area contributed by atoms with Crippen LogP contribution in [0.25, 0.3) is 5.57 Å². The molecule has 0 N–H and O–H groups in total. The molecule has 3 atom stereocenters. The average Bonchev–Trinajstić information content (AvgIpc) is 3.17. The lowest BCUT2D eigenvalue weighted by atomic mass is 9.86. The maximum absolute atomic E-state index is 4.40. The van der Waals surface area contributed by atoms with Crippen LogP contribution in [0.1, 0.15) is 46.7 Å². The van der Waals surface area contributed by atoms with E-state index in [0.29, 0.717) is 12.0 Å². The van der Waals surface area contributed by atoms with Crippen molar-refractivity contribution in [2.45, 2.75) is 38.3 Å². The Hall–Kier alpha value is -2.54. The van der Waals surface area contributed by atoms with E-state index < -0.39 is 0 Å². The zero-order valence-corrected chi connectivity index (χ0v) is 15.1. The molecule has 0 amide bonds. The third-order valence-electron chi connectivity index (χ3n) is 6.23. The summed E-state index contributed by atoms with van der Waals surface area (Å²) in [5.74, 6) is 0.461. The Morgan fingerprint density at radius 1 is 1.00 bits per heavy atom. The van der Waals surface area contributed by atoms with E-state index in [1.165, 1.54) is 39.0 Å². The molecule has 5 rings (SSSR count). The van der Waals surface area contributed by atoms with E-state index in [9.17, 15) is 0 Å². The number of hydrogen-bond donors (Lipinski definition) is 0. The van der Waals surface area contributed by atoms with Gasteiger partial charge in [-0.05, 0) is 48.6 Å². The van der Waals surface area contributed by atoms with E-state index in [1.54, 1.807) is 0 Å². The first kappa shape index (κ1) is 14.8. The minimum atomic E-state index is 0.0495. The van der Waals surface area contributed by atoms with Gasteiger partial charge in [-0.25, -0.2) is 0 Å². The van der Waals surface area contributed by atoms with Gasteiger partial charge in [0.1, 0.15) is 0 Å². The topological polar surface area (TPSA) is 3.24 Å².